The first-order valence-electron chi connectivity index (χ1n) is 7.41. The highest BCUT2D eigenvalue weighted by Crippen LogP contribution is 2.13. The number of carbonyl (C=O) groups excluding carboxylic acids is 1. The summed E-state index contributed by atoms with van der Waals surface area (Å²) in [7, 11) is 0. The van der Waals surface area contributed by atoms with Crippen LogP contribution in [0.2, 0.25) is 0 Å². The Balaban J connectivity index is 1.92. The van der Waals surface area contributed by atoms with Crippen molar-refractivity contribution in [1.29, 1.82) is 0 Å². The predicted octanol–water partition coefficient (Wildman–Crippen LogP) is 1.67. The topological polar surface area (TPSA) is 85.3 Å². The van der Waals surface area contributed by atoms with E-state index in [2.05, 4.69) is 22.4 Å². The van der Waals surface area contributed by atoms with Crippen LogP contribution in [0, 0.1) is 5.92 Å². The van der Waals surface area contributed by atoms with Crippen LogP contribution >= 0.6 is 0 Å². The van der Waals surface area contributed by atoms with Gasteiger partial charge >= 0.3 is 0 Å². The van der Waals surface area contributed by atoms with E-state index < -0.39 is 0 Å². The van der Waals surface area contributed by atoms with Gasteiger partial charge in [-0.1, -0.05) is 13.0 Å². The normalized spacial score (nSPS) is 14.0. The maximum Gasteiger partial charge on any atom is 0.220 e. The van der Waals surface area contributed by atoms with Crippen molar-refractivity contribution in [3.05, 3.63) is 30.2 Å². The number of pyridine rings is 1. The highest BCUT2D eigenvalue weighted by molar-refractivity contribution is 5.76. The summed E-state index contributed by atoms with van der Waals surface area (Å²) in [5, 5.41) is 11.2. The molecule has 0 aromatic carbocycles. The molecule has 0 aliphatic heterocycles. The summed E-state index contributed by atoms with van der Waals surface area (Å²) in [5.41, 5.74) is 6.30. The fraction of sp³-hybridized carbons (Fsp3) is 0.533. The molecule has 1 amide bonds. The van der Waals surface area contributed by atoms with Crippen LogP contribution in [-0.2, 0) is 4.79 Å². The molecule has 2 unspecified atom stereocenters. The molecule has 2 atom stereocenters. The molecule has 21 heavy (non-hydrogen) atoms. The van der Waals surface area contributed by atoms with Crippen molar-refractivity contribution in [2.75, 3.05) is 6.54 Å². The van der Waals surface area contributed by atoms with Gasteiger partial charge in [-0.05, 0) is 44.4 Å². The third kappa shape index (κ3) is 4.01. The molecule has 6 nitrogen and oxygen atoms in total. The first-order valence-corrected chi connectivity index (χ1v) is 7.41. The maximum atomic E-state index is 12.0. The van der Waals surface area contributed by atoms with Gasteiger partial charge < -0.3 is 11.1 Å². The second kappa shape index (κ2) is 7.17. The molecule has 2 heterocycles. The van der Waals surface area contributed by atoms with Crippen LogP contribution in [0.5, 0.6) is 0 Å². The van der Waals surface area contributed by atoms with Gasteiger partial charge in [0.05, 0.1) is 6.04 Å². The molecule has 0 aliphatic rings. The van der Waals surface area contributed by atoms with E-state index in [4.69, 9.17) is 5.73 Å². The number of aromatic nitrogens is 3. The van der Waals surface area contributed by atoms with Crippen molar-refractivity contribution >= 4 is 11.6 Å². The van der Waals surface area contributed by atoms with Crippen molar-refractivity contribution in [3.63, 3.8) is 0 Å². The highest BCUT2D eigenvalue weighted by Gasteiger charge is 2.15. The number of amides is 1. The Morgan fingerprint density at radius 1 is 1.33 bits per heavy atom. The minimum atomic E-state index is -0.167. The minimum absolute atomic E-state index is 0.0408. The molecular formula is C15H23N5O. The standard InChI is InChI=1S/C15H23N5O/c1-11(8-9-16)6-7-14(21)17-12(2)15-19-18-13-5-3-4-10-20(13)15/h3-5,10-12H,6-9,16H2,1-2H3,(H,17,21). The monoisotopic (exact) mass is 289 g/mol. The summed E-state index contributed by atoms with van der Waals surface area (Å²) in [6, 6.07) is 5.55. The van der Waals surface area contributed by atoms with Gasteiger partial charge in [0.25, 0.3) is 0 Å². The van der Waals surface area contributed by atoms with E-state index in [9.17, 15) is 4.79 Å². The molecule has 0 bridgehead atoms. The van der Waals surface area contributed by atoms with Crippen LogP contribution in [0.1, 0.15) is 45.0 Å². The van der Waals surface area contributed by atoms with Crippen LogP contribution in [0.25, 0.3) is 5.65 Å². The number of hydrogen-bond acceptors (Lipinski definition) is 4. The Bertz CT molecular complexity index is 595. The maximum absolute atomic E-state index is 12.0. The summed E-state index contributed by atoms with van der Waals surface area (Å²) in [4.78, 5) is 12.0. The van der Waals surface area contributed by atoms with Crippen molar-refractivity contribution in [2.24, 2.45) is 11.7 Å². The molecular weight excluding hydrogens is 266 g/mol. The lowest BCUT2D eigenvalue weighted by Gasteiger charge is -2.14. The van der Waals surface area contributed by atoms with Crippen LogP contribution in [0.4, 0.5) is 0 Å². The number of nitrogens with zero attached hydrogens (tertiary/aromatic N) is 3. The fourth-order valence-electron chi connectivity index (χ4n) is 2.34. The van der Waals surface area contributed by atoms with E-state index in [1.54, 1.807) is 0 Å². The van der Waals surface area contributed by atoms with Crippen LogP contribution in [-0.4, -0.2) is 27.0 Å². The second-order valence-corrected chi connectivity index (χ2v) is 5.50. The molecule has 0 saturated heterocycles. The average molecular weight is 289 g/mol. The fourth-order valence-corrected chi connectivity index (χ4v) is 2.34. The molecule has 0 fully saturated rings. The third-order valence-electron chi connectivity index (χ3n) is 3.63. The zero-order chi connectivity index (χ0) is 15.2. The SMILES string of the molecule is CC(CCN)CCC(=O)NC(C)c1nnc2ccccn12. The molecule has 0 spiro atoms. The minimum Gasteiger partial charge on any atom is -0.346 e. The van der Waals surface area contributed by atoms with Gasteiger partial charge in [-0.2, -0.15) is 0 Å². The molecule has 2 aromatic heterocycles. The number of rotatable bonds is 7. The van der Waals surface area contributed by atoms with Crippen LogP contribution in [0.3, 0.4) is 0 Å². The van der Waals surface area contributed by atoms with Crippen molar-refractivity contribution in [3.8, 4) is 0 Å². The first-order chi connectivity index (χ1) is 10.1. The molecule has 6 heteroatoms. The van der Waals surface area contributed by atoms with Gasteiger partial charge in [0.15, 0.2) is 11.5 Å². The highest BCUT2D eigenvalue weighted by atomic mass is 16.1. The van der Waals surface area contributed by atoms with Crippen molar-refractivity contribution in [1.82, 2.24) is 19.9 Å². The predicted molar refractivity (Wildman–Crippen MR) is 81.6 cm³/mol. The molecule has 2 aromatic rings. The molecule has 0 radical (unpaired) electrons. The Morgan fingerprint density at radius 3 is 2.90 bits per heavy atom. The number of nitrogens with one attached hydrogen (secondary N) is 1. The van der Waals surface area contributed by atoms with Crippen LogP contribution < -0.4 is 11.1 Å². The Morgan fingerprint density at radius 2 is 2.14 bits per heavy atom. The lowest BCUT2D eigenvalue weighted by Crippen LogP contribution is -2.28. The van der Waals surface area contributed by atoms with Crippen molar-refractivity contribution in [2.45, 2.75) is 39.2 Å². The second-order valence-electron chi connectivity index (χ2n) is 5.50. The lowest BCUT2D eigenvalue weighted by molar-refractivity contribution is -0.122. The number of carbonyl (C=O) groups is 1. The summed E-state index contributed by atoms with van der Waals surface area (Å²) >= 11 is 0. The number of fused-ring (bicyclic) bond motifs is 1. The summed E-state index contributed by atoms with van der Waals surface area (Å²) < 4.78 is 1.89. The third-order valence-corrected chi connectivity index (χ3v) is 3.63. The van der Waals surface area contributed by atoms with Crippen LogP contribution in [0.15, 0.2) is 24.4 Å². The summed E-state index contributed by atoms with van der Waals surface area (Å²) in [5.74, 6) is 1.26. The lowest BCUT2D eigenvalue weighted by atomic mass is 10.0. The largest absolute Gasteiger partial charge is 0.346 e. The van der Waals surface area contributed by atoms with Gasteiger partial charge in [0.1, 0.15) is 0 Å². The van der Waals surface area contributed by atoms with E-state index in [0.29, 0.717) is 18.9 Å². The van der Waals surface area contributed by atoms with Gasteiger partial charge in [-0.15, -0.1) is 10.2 Å². The van der Waals surface area contributed by atoms with E-state index in [-0.39, 0.29) is 11.9 Å². The van der Waals surface area contributed by atoms with Gasteiger partial charge in [-0.25, -0.2) is 0 Å². The molecule has 0 saturated carbocycles. The zero-order valence-corrected chi connectivity index (χ0v) is 12.6. The molecule has 3 N–H and O–H groups in total. The Hall–Kier alpha value is -1.95. The number of nitrogens with two attached hydrogens (primary N) is 1. The van der Waals surface area contributed by atoms with Gasteiger partial charge in [0.2, 0.25) is 5.91 Å². The molecule has 2 rings (SSSR count). The average Bonchev–Trinajstić information content (AvgIpc) is 2.89. The Kier molecular flexibility index (Phi) is 5.27. The Labute approximate surface area is 124 Å². The molecule has 0 aliphatic carbocycles. The first kappa shape index (κ1) is 15.4. The summed E-state index contributed by atoms with van der Waals surface area (Å²) in [6.07, 6.45) is 4.23. The zero-order valence-electron chi connectivity index (χ0n) is 12.6. The quantitative estimate of drug-likeness (QED) is 0.812. The van der Waals surface area contributed by atoms with E-state index in [0.717, 1.165) is 24.3 Å². The smallest absolute Gasteiger partial charge is 0.220 e. The number of hydrogen-bond donors (Lipinski definition) is 2. The van der Waals surface area contributed by atoms with Gasteiger partial charge in [-0.3, -0.25) is 9.20 Å². The molecule has 114 valence electrons. The van der Waals surface area contributed by atoms with E-state index in [1.165, 1.54) is 0 Å². The van der Waals surface area contributed by atoms with Gasteiger partial charge in [0, 0.05) is 12.6 Å². The van der Waals surface area contributed by atoms with Crippen molar-refractivity contribution < 1.29 is 4.79 Å². The summed E-state index contributed by atoms with van der Waals surface area (Å²) in [6.45, 7) is 4.71. The van der Waals surface area contributed by atoms with E-state index in [1.807, 2.05) is 35.7 Å². The van der Waals surface area contributed by atoms with E-state index >= 15 is 0 Å².